The Morgan fingerprint density at radius 3 is 2.19 bits per heavy atom. The number of halogens is 4. The minimum atomic E-state index is -4.56. The van der Waals surface area contributed by atoms with Crippen LogP contribution < -0.4 is 0 Å². The highest BCUT2D eigenvalue weighted by Gasteiger charge is 2.59. The van der Waals surface area contributed by atoms with Gasteiger partial charge in [0, 0.05) is 6.04 Å². The molecule has 2 saturated heterocycles. The van der Waals surface area contributed by atoms with Gasteiger partial charge in [-0.05, 0) is 95.7 Å². The molecule has 1 aliphatic carbocycles. The number of hydrogen-bond donors (Lipinski definition) is 1. The first kappa shape index (κ1) is 23.3. The van der Waals surface area contributed by atoms with Gasteiger partial charge in [-0.1, -0.05) is 30.5 Å². The second-order valence-electron chi connectivity index (χ2n) is 9.78. The van der Waals surface area contributed by atoms with E-state index in [2.05, 4.69) is 16.7 Å². The average molecular weight is 459 g/mol. The zero-order valence-electron chi connectivity index (χ0n) is 18.4. The van der Waals surface area contributed by atoms with E-state index in [1.54, 1.807) is 6.07 Å². The van der Waals surface area contributed by atoms with E-state index < -0.39 is 22.9 Å². The van der Waals surface area contributed by atoms with Gasteiger partial charge < -0.3 is 5.11 Å². The molecule has 1 aromatic rings. The lowest BCUT2D eigenvalue weighted by molar-refractivity contribution is -0.185. The Kier molecular flexibility index (Phi) is 6.66. The fraction of sp³-hybridized carbons (Fsp3) is 0.750. The molecular weight excluding hydrogens is 425 g/mol. The first-order valence-electron chi connectivity index (χ1n) is 11.8. The Hall–Kier alpha value is -0.820. The predicted octanol–water partition coefficient (Wildman–Crippen LogP) is 5.83. The van der Waals surface area contributed by atoms with Gasteiger partial charge in [-0.25, -0.2) is 0 Å². The van der Waals surface area contributed by atoms with Gasteiger partial charge >= 0.3 is 6.18 Å². The van der Waals surface area contributed by atoms with Crippen LogP contribution in [-0.2, 0) is 11.8 Å². The summed E-state index contributed by atoms with van der Waals surface area (Å²) in [5.41, 5.74) is -2.52. The number of rotatable bonds is 3. The topological polar surface area (TPSA) is 26.7 Å². The van der Waals surface area contributed by atoms with E-state index in [4.69, 9.17) is 11.6 Å². The molecule has 3 atom stereocenters. The molecule has 1 saturated carbocycles. The summed E-state index contributed by atoms with van der Waals surface area (Å²) in [6, 6.07) is 3.86. The van der Waals surface area contributed by atoms with Gasteiger partial charge in [0.15, 0.2) is 0 Å². The minimum Gasteiger partial charge on any atom is -0.382 e. The highest BCUT2D eigenvalue weighted by molar-refractivity contribution is 6.31. The first-order valence-corrected chi connectivity index (χ1v) is 12.1. The monoisotopic (exact) mass is 458 g/mol. The molecule has 1 aromatic carbocycles. The molecule has 3 nitrogen and oxygen atoms in total. The van der Waals surface area contributed by atoms with Crippen LogP contribution in [0.5, 0.6) is 0 Å². The molecule has 0 bridgehead atoms. The lowest BCUT2D eigenvalue weighted by Crippen LogP contribution is -2.71. The average Bonchev–Trinajstić information content (AvgIpc) is 2.76. The van der Waals surface area contributed by atoms with Gasteiger partial charge in [0.1, 0.15) is 5.60 Å². The highest BCUT2D eigenvalue weighted by atomic mass is 35.5. The van der Waals surface area contributed by atoms with E-state index in [1.807, 2.05) is 0 Å². The van der Waals surface area contributed by atoms with Crippen LogP contribution in [0.1, 0.15) is 75.8 Å². The van der Waals surface area contributed by atoms with Crippen molar-refractivity contribution in [2.75, 3.05) is 26.2 Å². The standard InChI is InChI=1S/C24H34ClF3N2O/c1-22(30-15-6-3-7-16-30)12-8-9-21(29-13-4-2-5-14-29)23(22,31)18-10-11-20(25)19(17-18)24(26,27)28/h10-11,17,21,31H,2-9,12-16H2,1H3. The van der Waals surface area contributed by atoms with Crippen LogP contribution in [0.15, 0.2) is 18.2 Å². The summed E-state index contributed by atoms with van der Waals surface area (Å²) in [6.07, 6.45) is 4.59. The van der Waals surface area contributed by atoms with Crippen molar-refractivity contribution in [2.45, 2.75) is 88.1 Å². The summed E-state index contributed by atoms with van der Waals surface area (Å²) < 4.78 is 41.2. The normalized spacial score (nSPS) is 34.1. The van der Waals surface area contributed by atoms with Crippen LogP contribution in [0.4, 0.5) is 13.2 Å². The molecule has 0 amide bonds. The van der Waals surface area contributed by atoms with Crippen LogP contribution in [0, 0.1) is 0 Å². The summed E-state index contributed by atoms with van der Waals surface area (Å²) in [4.78, 5) is 4.70. The largest absolute Gasteiger partial charge is 0.417 e. The van der Waals surface area contributed by atoms with Gasteiger partial charge in [0.05, 0.1) is 16.1 Å². The SMILES string of the molecule is CC1(N2CCCCC2)CCCC(N2CCCCC2)C1(O)c1ccc(Cl)c(C(F)(F)F)c1. The van der Waals surface area contributed by atoms with Crippen molar-refractivity contribution in [3.8, 4) is 0 Å². The molecule has 2 heterocycles. The quantitative estimate of drug-likeness (QED) is 0.617. The number of likely N-dealkylation sites (tertiary alicyclic amines) is 2. The van der Waals surface area contributed by atoms with Crippen molar-refractivity contribution < 1.29 is 18.3 Å². The smallest absolute Gasteiger partial charge is 0.382 e. The number of hydrogen-bond acceptors (Lipinski definition) is 3. The fourth-order valence-electron chi connectivity index (χ4n) is 6.34. The van der Waals surface area contributed by atoms with Crippen LogP contribution in [0.3, 0.4) is 0 Å². The fourth-order valence-corrected chi connectivity index (χ4v) is 6.57. The molecule has 3 aliphatic rings. The Balaban J connectivity index is 1.84. The van der Waals surface area contributed by atoms with E-state index in [0.29, 0.717) is 5.56 Å². The minimum absolute atomic E-state index is 0.198. The Bertz CT molecular complexity index is 777. The van der Waals surface area contributed by atoms with E-state index in [0.717, 1.165) is 77.2 Å². The molecule has 0 spiro atoms. The molecule has 0 radical (unpaired) electrons. The molecule has 7 heteroatoms. The predicted molar refractivity (Wildman–Crippen MR) is 117 cm³/mol. The summed E-state index contributed by atoms with van der Waals surface area (Å²) in [6.45, 7) is 5.62. The summed E-state index contributed by atoms with van der Waals surface area (Å²) in [5.74, 6) is 0. The molecule has 3 fully saturated rings. The van der Waals surface area contributed by atoms with Crippen molar-refractivity contribution in [2.24, 2.45) is 0 Å². The molecule has 174 valence electrons. The molecular formula is C24H34ClF3N2O. The van der Waals surface area contributed by atoms with Gasteiger partial charge in [0.25, 0.3) is 0 Å². The van der Waals surface area contributed by atoms with Gasteiger partial charge in [0.2, 0.25) is 0 Å². The van der Waals surface area contributed by atoms with E-state index in [9.17, 15) is 18.3 Å². The zero-order chi connectivity index (χ0) is 22.3. The summed E-state index contributed by atoms with van der Waals surface area (Å²) >= 11 is 5.95. The van der Waals surface area contributed by atoms with Gasteiger partial charge in [-0.3, -0.25) is 9.80 Å². The molecule has 31 heavy (non-hydrogen) atoms. The van der Waals surface area contributed by atoms with Crippen LogP contribution in [0.2, 0.25) is 5.02 Å². The maximum Gasteiger partial charge on any atom is 0.417 e. The van der Waals surface area contributed by atoms with Crippen LogP contribution in [0.25, 0.3) is 0 Å². The molecule has 1 N–H and O–H groups in total. The van der Waals surface area contributed by atoms with Crippen molar-refractivity contribution in [3.05, 3.63) is 34.3 Å². The third-order valence-corrected chi connectivity index (χ3v) is 8.37. The summed E-state index contributed by atoms with van der Waals surface area (Å²) in [5, 5.41) is 12.3. The van der Waals surface area contributed by atoms with E-state index in [-0.39, 0.29) is 11.1 Å². The number of benzene rings is 1. The molecule has 4 rings (SSSR count). The van der Waals surface area contributed by atoms with Crippen molar-refractivity contribution in [1.82, 2.24) is 9.80 Å². The zero-order valence-corrected chi connectivity index (χ0v) is 19.1. The Morgan fingerprint density at radius 1 is 0.968 bits per heavy atom. The highest BCUT2D eigenvalue weighted by Crippen LogP contribution is 2.52. The molecule has 3 unspecified atom stereocenters. The number of aliphatic hydroxyl groups is 1. The second-order valence-corrected chi connectivity index (χ2v) is 10.2. The van der Waals surface area contributed by atoms with E-state index in [1.165, 1.54) is 18.9 Å². The maximum absolute atomic E-state index is 13.7. The first-order chi connectivity index (χ1) is 14.7. The van der Waals surface area contributed by atoms with Crippen LogP contribution in [-0.4, -0.2) is 52.7 Å². The summed E-state index contributed by atoms with van der Waals surface area (Å²) in [7, 11) is 0. The number of nitrogens with zero attached hydrogens (tertiary/aromatic N) is 2. The Labute approximate surface area is 188 Å². The van der Waals surface area contributed by atoms with Crippen LogP contribution >= 0.6 is 11.6 Å². The van der Waals surface area contributed by atoms with E-state index >= 15 is 0 Å². The second kappa shape index (κ2) is 8.85. The third-order valence-electron chi connectivity index (χ3n) is 8.04. The number of piperidine rings is 2. The van der Waals surface area contributed by atoms with Crippen molar-refractivity contribution in [1.29, 1.82) is 0 Å². The third kappa shape index (κ3) is 4.14. The maximum atomic E-state index is 13.7. The lowest BCUT2D eigenvalue weighted by atomic mass is 9.62. The van der Waals surface area contributed by atoms with Gasteiger partial charge in [-0.2, -0.15) is 13.2 Å². The Morgan fingerprint density at radius 2 is 1.58 bits per heavy atom. The number of alkyl halides is 3. The molecule has 2 aliphatic heterocycles. The van der Waals surface area contributed by atoms with Crippen molar-refractivity contribution in [3.63, 3.8) is 0 Å². The van der Waals surface area contributed by atoms with Crippen molar-refractivity contribution >= 4 is 11.6 Å². The lowest BCUT2D eigenvalue weighted by Gasteiger charge is -2.61. The van der Waals surface area contributed by atoms with Gasteiger partial charge in [-0.15, -0.1) is 0 Å². The molecule has 0 aromatic heterocycles.